The van der Waals surface area contributed by atoms with Gasteiger partial charge in [0, 0.05) is 6.07 Å². The summed E-state index contributed by atoms with van der Waals surface area (Å²) in [5.74, 6) is 0.332. The molecule has 0 aliphatic heterocycles. The minimum absolute atomic E-state index is 0.0210. The Morgan fingerprint density at radius 1 is 1.35 bits per heavy atom. The largest absolute Gasteiger partial charge is 0.490 e. The van der Waals surface area contributed by atoms with Crippen LogP contribution in [0.25, 0.3) is 5.57 Å². The predicted octanol–water partition coefficient (Wildman–Crippen LogP) is 3.56. The first-order chi connectivity index (χ1) is 8.22. The number of ether oxygens (including phenoxy) is 1. The molecule has 0 aromatic heterocycles. The first-order valence-corrected chi connectivity index (χ1v) is 5.74. The van der Waals surface area contributed by atoms with Gasteiger partial charge in [0.25, 0.3) is 0 Å². The van der Waals surface area contributed by atoms with Crippen LogP contribution in [0.2, 0.25) is 0 Å². The summed E-state index contributed by atoms with van der Waals surface area (Å²) >= 11 is 0. The molecule has 0 bridgehead atoms. The molecule has 4 nitrogen and oxygen atoms in total. The van der Waals surface area contributed by atoms with Crippen molar-refractivity contribution in [3.63, 3.8) is 0 Å². The van der Waals surface area contributed by atoms with E-state index in [0.717, 1.165) is 18.4 Å². The molecule has 90 valence electrons. The number of rotatable bonds is 3. The van der Waals surface area contributed by atoms with Gasteiger partial charge in [-0.3, -0.25) is 10.1 Å². The van der Waals surface area contributed by atoms with E-state index in [4.69, 9.17) is 4.74 Å². The number of methoxy groups -OCH3 is 1. The van der Waals surface area contributed by atoms with Crippen molar-refractivity contribution >= 4 is 11.3 Å². The second-order valence-corrected chi connectivity index (χ2v) is 4.12. The first kappa shape index (κ1) is 11.6. The fourth-order valence-corrected chi connectivity index (χ4v) is 2.13. The van der Waals surface area contributed by atoms with Crippen LogP contribution in [0.3, 0.4) is 0 Å². The SMILES string of the molecule is COc1cc(C2=CCCCC2)ccc1[N+](=O)[O-]. The number of nitrogens with zero attached hydrogens (tertiary/aromatic N) is 1. The molecule has 4 heteroatoms. The number of hydrogen-bond donors (Lipinski definition) is 0. The molecule has 1 aliphatic carbocycles. The summed E-state index contributed by atoms with van der Waals surface area (Å²) in [5.41, 5.74) is 2.32. The van der Waals surface area contributed by atoms with Crippen molar-refractivity contribution in [1.29, 1.82) is 0 Å². The molecule has 1 aliphatic rings. The van der Waals surface area contributed by atoms with Gasteiger partial charge in [0.2, 0.25) is 0 Å². The van der Waals surface area contributed by atoms with Gasteiger partial charge in [0.05, 0.1) is 12.0 Å². The predicted molar refractivity (Wildman–Crippen MR) is 66.1 cm³/mol. The molecular weight excluding hydrogens is 218 g/mol. The van der Waals surface area contributed by atoms with Gasteiger partial charge in [-0.15, -0.1) is 0 Å². The fourth-order valence-electron chi connectivity index (χ4n) is 2.13. The molecule has 1 aromatic carbocycles. The summed E-state index contributed by atoms with van der Waals surface area (Å²) in [4.78, 5) is 10.4. The number of allylic oxidation sites excluding steroid dienone is 2. The summed E-state index contributed by atoms with van der Waals surface area (Å²) in [7, 11) is 1.46. The van der Waals surface area contributed by atoms with Gasteiger partial charge >= 0.3 is 5.69 Å². The van der Waals surface area contributed by atoms with Crippen LogP contribution < -0.4 is 4.74 Å². The molecule has 1 aromatic rings. The number of hydrogen-bond acceptors (Lipinski definition) is 3. The summed E-state index contributed by atoms with van der Waals surface area (Å²) in [6.45, 7) is 0. The molecule has 0 unspecified atom stereocenters. The van der Waals surface area contributed by atoms with Crippen molar-refractivity contribution in [2.24, 2.45) is 0 Å². The monoisotopic (exact) mass is 233 g/mol. The molecule has 17 heavy (non-hydrogen) atoms. The van der Waals surface area contributed by atoms with E-state index in [2.05, 4.69) is 6.08 Å². The lowest BCUT2D eigenvalue weighted by Crippen LogP contribution is -1.96. The van der Waals surface area contributed by atoms with Gasteiger partial charge in [-0.1, -0.05) is 6.08 Å². The van der Waals surface area contributed by atoms with E-state index in [9.17, 15) is 10.1 Å². The van der Waals surface area contributed by atoms with Crippen LogP contribution in [0.15, 0.2) is 24.3 Å². The topological polar surface area (TPSA) is 52.4 Å². The lowest BCUT2D eigenvalue weighted by molar-refractivity contribution is -0.385. The summed E-state index contributed by atoms with van der Waals surface area (Å²) in [5, 5.41) is 10.8. The van der Waals surface area contributed by atoms with E-state index in [0.29, 0.717) is 5.75 Å². The summed E-state index contributed by atoms with van der Waals surface area (Å²) in [6.07, 6.45) is 6.76. The second kappa shape index (κ2) is 4.99. The molecule has 0 spiro atoms. The third-order valence-electron chi connectivity index (χ3n) is 3.04. The highest BCUT2D eigenvalue weighted by Crippen LogP contribution is 2.33. The Morgan fingerprint density at radius 3 is 2.76 bits per heavy atom. The van der Waals surface area contributed by atoms with Gasteiger partial charge in [-0.25, -0.2) is 0 Å². The van der Waals surface area contributed by atoms with Crippen LogP contribution >= 0.6 is 0 Å². The Balaban J connectivity index is 2.37. The quantitative estimate of drug-likeness (QED) is 0.592. The summed E-state index contributed by atoms with van der Waals surface area (Å²) in [6, 6.07) is 5.08. The van der Waals surface area contributed by atoms with Gasteiger partial charge < -0.3 is 4.74 Å². The molecule has 0 heterocycles. The average Bonchev–Trinajstić information content (AvgIpc) is 2.39. The zero-order valence-electron chi connectivity index (χ0n) is 9.81. The van der Waals surface area contributed by atoms with E-state index in [1.165, 1.54) is 31.6 Å². The Morgan fingerprint density at radius 2 is 2.18 bits per heavy atom. The maximum Gasteiger partial charge on any atom is 0.310 e. The summed E-state index contributed by atoms with van der Waals surface area (Å²) < 4.78 is 5.07. The van der Waals surface area contributed by atoms with Crippen molar-refractivity contribution < 1.29 is 9.66 Å². The molecule has 0 saturated carbocycles. The van der Waals surface area contributed by atoms with Gasteiger partial charge in [-0.2, -0.15) is 0 Å². The number of nitro benzene ring substituents is 1. The molecule has 0 saturated heterocycles. The molecule has 0 amide bonds. The average molecular weight is 233 g/mol. The van der Waals surface area contributed by atoms with Crippen LogP contribution in [-0.2, 0) is 0 Å². The highest BCUT2D eigenvalue weighted by Gasteiger charge is 2.16. The zero-order valence-corrected chi connectivity index (χ0v) is 9.81. The van der Waals surface area contributed by atoms with E-state index in [1.807, 2.05) is 0 Å². The Bertz CT molecular complexity index is 466. The van der Waals surface area contributed by atoms with Crippen LogP contribution in [0, 0.1) is 10.1 Å². The highest BCUT2D eigenvalue weighted by atomic mass is 16.6. The van der Waals surface area contributed by atoms with Crippen LogP contribution in [-0.4, -0.2) is 12.0 Å². The standard InChI is InChI=1S/C13H15NO3/c1-17-13-9-11(7-8-12(13)14(15)16)10-5-3-2-4-6-10/h5,7-9H,2-4,6H2,1H3. The van der Waals surface area contributed by atoms with Crippen molar-refractivity contribution in [3.05, 3.63) is 40.0 Å². The smallest absolute Gasteiger partial charge is 0.310 e. The Hall–Kier alpha value is -1.84. The number of nitro groups is 1. The maximum atomic E-state index is 10.8. The van der Waals surface area contributed by atoms with Crippen LogP contribution in [0.4, 0.5) is 5.69 Å². The minimum atomic E-state index is -0.419. The lowest BCUT2D eigenvalue weighted by Gasteiger charge is -2.13. The van der Waals surface area contributed by atoms with E-state index >= 15 is 0 Å². The minimum Gasteiger partial charge on any atom is -0.490 e. The zero-order chi connectivity index (χ0) is 12.3. The second-order valence-electron chi connectivity index (χ2n) is 4.12. The highest BCUT2D eigenvalue weighted by molar-refractivity contribution is 5.69. The molecule has 2 rings (SSSR count). The van der Waals surface area contributed by atoms with E-state index < -0.39 is 4.92 Å². The van der Waals surface area contributed by atoms with E-state index in [-0.39, 0.29) is 5.69 Å². The van der Waals surface area contributed by atoms with Gasteiger partial charge in [0.1, 0.15) is 0 Å². The normalized spacial score (nSPS) is 15.2. The molecular formula is C13H15NO3. The Kier molecular flexibility index (Phi) is 3.42. The third-order valence-corrected chi connectivity index (χ3v) is 3.04. The third kappa shape index (κ3) is 2.46. The van der Waals surface area contributed by atoms with Crippen molar-refractivity contribution in [3.8, 4) is 5.75 Å². The van der Waals surface area contributed by atoms with E-state index in [1.54, 1.807) is 12.1 Å². The Labute approximate surface area is 100 Å². The van der Waals surface area contributed by atoms with Crippen LogP contribution in [0.5, 0.6) is 5.75 Å². The van der Waals surface area contributed by atoms with Crippen molar-refractivity contribution in [1.82, 2.24) is 0 Å². The maximum absolute atomic E-state index is 10.8. The lowest BCUT2D eigenvalue weighted by atomic mass is 9.93. The van der Waals surface area contributed by atoms with Crippen LogP contribution in [0.1, 0.15) is 31.2 Å². The molecule has 0 N–H and O–H groups in total. The molecule has 0 radical (unpaired) electrons. The fraction of sp³-hybridized carbons (Fsp3) is 0.385. The van der Waals surface area contributed by atoms with Crippen molar-refractivity contribution in [2.45, 2.75) is 25.7 Å². The first-order valence-electron chi connectivity index (χ1n) is 5.74. The molecule has 0 fully saturated rings. The number of benzene rings is 1. The van der Waals surface area contributed by atoms with Gasteiger partial charge in [-0.05, 0) is 49.0 Å². The molecule has 0 atom stereocenters. The van der Waals surface area contributed by atoms with Crippen molar-refractivity contribution in [2.75, 3.05) is 7.11 Å². The van der Waals surface area contributed by atoms with Gasteiger partial charge in [0.15, 0.2) is 5.75 Å².